The number of rotatable bonds is 5. The molecule has 0 unspecified atom stereocenters. The first-order valence-electron chi connectivity index (χ1n) is 5.96. The molecule has 20 heavy (non-hydrogen) atoms. The molecule has 8 nitrogen and oxygen atoms in total. The van der Waals surface area contributed by atoms with Gasteiger partial charge in [0.1, 0.15) is 6.33 Å². The maximum absolute atomic E-state index is 11.2. The van der Waals surface area contributed by atoms with Gasteiger partial charge in [0.25, 0.3) is 0 Å². The summed E-state index contributed by atoms with van der Waals surface area (Å²) >= 11 is 0. The molecule has 2 aromatic heterocycles. The van der Waals surface area contributed by atoms with Crippen molar-refractivity contribution in [2.75, 3.05) is 11.9 Å². The average molecular weight is 275 g/mol. The number of aryl methyl sites for hydroxylation is 1. The van der Waals surface area contributed by atoms with E-state index in [0.29, 0.717) is 18.0 Å². The van der Waals surface area contributed by atoms with E-state index in [1.54, 1.807) is 25.3 Å². The lowest BCUT2D eigenvalue weighted by Gasteiger charge is -2.09. The van der Waals surface area contributed by atoms with Crippen molar-refractivity contribution < 1.29 is 9.66 Å². The zero-order valence-electron chi connectivity index (χ0n) is 11.0. The maximum Gasteiger partial charge on any atom is 0.373 e. The third kappa shape index (κ3) is 2.79. The first-order valence-corrected chi connectivity index (χ1v) is 5.96. The minimum absolute atomic E-state index is 0.114. The van der Waals surface area contributed by atoms with Crippen LogP contribution in [-0.2, 0) is 0 Å². The molecule has 2 rings (SSSR count). The fourth-order valence-electron chi connectivity index (χ4n) is 1.58. The second-order valence-electron chi connectivity index (χ2n) is 3.85. The van der Waals surface area contributed by atoms with Crippen LogP contribution < -0.4 is 10.1 Å². The Morgan fingerprint density at radius 3 is 2.85 bits per heavy atom. The van der Waals surface area contributed by atoms with Crippen LogP contribution in [0.25, 0.3) is 0 Å². The molecule has 104 valence electrons. The van der Waals surface area contributed by atoms with E-state index in [1.807, 2.05) is 6.92 Å². The van der Waals surface area contributed by atoms with Gasteiger partial charge in [-0.05, 0) is 26.0 Å². The summed E-state index contributed by atoms with van der Waals surface area (Å²) in [6.45, 7) is 4.06. The van der Waals surface area contributed by atoms with E-state index in [-0.39, 0.29) is 17.4 Å². The van der Waals surface area contributed by atoms with E-state index >= 15 is 0 Å². The molecule has 0 saturated carbocycles. The van der Waals surface area contributed by atoms with E-state index in [4.69, 9.17) is 4.74 Å². The summed E-state index contributed by atoms with van der Waals surface area (Å²) in [6.07, 6.45) is 2.83. The van der Waals surface area contributed by atoms with Crippen molar-refractivity contribution in [2.45, 2.75) is 13.8 Å². The van der Waals surface area contributed by atoms with Gasteiger partial charge in [0, 0.05) is 12.7 Å². The van der Waals surface area contributed by atoms with E-state index < -0.39 is 4.92 Å². The van der Waals surface area contributed by atoms with Gasteiger partial charge in [-0.1, -0.05) is 0 Å². The second kappa shape index (κ2) is 5.91. The van der Waals surface area contributed by atoms with Crippen LogP contribution in [0.2, 0.25) is 0 Å². The summed E-state index contributed by atoms with van der Waals surface area (Å²) in [5.41, 5.74) is 0.322. The first-order chi connectivity index (χ1) is 9.63. The highest BCUT2D eigenvalue weighted by Crippen LogP contribution is 2.34. The Kier molecular flexibility index (Phi) is 4.04. The molecular weight excluding hydrogens is 262 g/mol. The fourth-order valence-corrected chi connectivity index (χ4v) is 1.58. The second-order valence-corrected chi connectivity index (χ2v) is 3.85. The normalized spacial score (nSPS) is 10.1. The lowest BCUT2D eigenvalue weighted by molar-refractivity contribution is -0.385. The molecule has 0 aliphatic heterocycles. The molecule has 1 N–H and O–H groups in total. The van der Waals surface area contributed by atoms with Crippen molar-refractivity contribution in [2.24, 2.45) is 0 Å². The summed E-state index contributed by atoms with van der Waals surface area (Å²) in [6, 6.07) is 3.35. The van der Waals surface area contributed by atoms with Gasteiger partial charge in [0.2, 0.25) is 5.82 Å². The Bertz CT molecular complexity index is 632. The number of hydrogen-bond donors (Lipinski definition) is 1. The smallest absolute Gasteiger partial charge is 0.373 e. The molecule has 2 aromatic rings. The molecule has 0 bridgehead atoms. The van der Waals surface area contributed by atoms with Crippen LogP contribution in [-0.4, -0.2) is 26.4 Å². The SMILES string of the molecule is CCNc1ncnc(Oc2cccnc2C)c1[N+](=O)[O-]. The van der Waals surface area contributed by atoms with Gasteiger partial charge in [0.15, 0.2) is 5.75 Å². The molecule has 0 aliphatic carbocycles. The zero-order valence-corrected chi connectivity index (χ0v) is 11.0. The number of nitrogens with one attached hydrogen (secondary N) is 1. The highest BCUT2D eigenvalue weighted by Gasteiger charge is 2.25. The van der Waals surface area contributed by atoms with Crippen molar-refractivity contribution in [3.8, 4) is 11.6 Å². The third-order valence-electron chi connectivity index (χ3n) is 2.48. The van der Waals surface area contributed by atoms with E-state index in [9.17, 15) is 10.1 Å². The number of pyridine rings is 1. The van der Waals surface area contributed by atoms with Gasteiger partial charge in [-0.3, -0.25) is 15.1 Å². The van der Waals surface area contributed by atoms with E-state index in [1.165, 1.54) is 6.33 Å². The van der Waals surface area contributed by atoms with Crippen LogP contribution in [0.3, 0.4) is 0 Å². The summed E-state index contributed by atoms with van der Waals surface area (Å²) in [4.78, 5) is 22.4. The molecule has 0 aliphatic rings. The van der Waals surface area contributed by atoms with Crippen LogP contribution in [0.4, 0.5) is 11.5 Å². The third-order valence-corrected chi connectivity index (χ3v) is 2.48. The summed E-state index contributed by atoms with van der Waals surface area (Å²) in [7, 11) is 0. The molecule has 8 heteroatoms. The first kappa shape index (κ1) is 13.7. The minimum atomic E-state index is -0.570. The van der Waals surface area contributed by atoms with Crippen molar-refractivity contribution in [3.63, 3.8) is 0 Å². The van der Waals surface area contributed by atoms with Crippen LogP contribution in [0.5, 0.6) is 11.6 Å². The number of nitrogens with zero attached hydrogens (tertiary/aromatic N) is 4. The Balaban J connectivity index is 2.44. The minimum Gasteiger partial charge on any atom is -0.432 e. The molecule has 0 radical (unpaired) electrons. The van der Waals surface area contributed by atoms with Crippen molar-refractivity contribution in [1.29, 1.82) is 0 Å². The van der Waals surface area contributed by atoms with Crippen molar-refractivity contribution >= 4 is 11.5 Å². The summed E-state index contributed by atoms with van der Waals surface area (Å²) in [5, 5.41) is 14.0. The monoisotopic (exact) mass is 275 g/mol. The quantitative estimate of drug-likeness (QED) is 0.659. The molecule has 0 aromatic carbocycles. The predicted molar refractivity (Wildman–Crippen MR) is 71.9 cm³/mol. The molecule has 0 atom stereocenters. The van der Waals surface area contributed by atoms with Gasteiger partial charge < -0.3 is 10.1 Å². The molecule has 0 saturated heterocycles. The van der Waals surface area contributed by atoms with Gasteiger partial charge >= 0.3 is 11.6 Å². The van der Waals surface area contributed by atoms with Gasteiger partial charge in [-0.25, -0.2) is 4.98 Å². The highest BCUT2D eigenvalue weighted by atomic mass is 16.6. The van der Waals surface area contributed by atoms with E-state index in [0.717, 1.165) is 0 Å². The van der Waals surface area contributed by atoms with Gasteiger partial charge in [-0.2, -0.15) is 4.98 Å². The number of hydrogen-bond acceptors (Lipinski definition) is 7. The van der Waals surface area contributed by atoms with Gasteiger partial charge in [0.05, 0.1) is 10.6 Å². The summed E-state index contributed by atoms with van der Waals surface area (Å²) < 4.78 is 5.49. The number of nitro groups is 1. The van der Waals surface area contributed by atoms with Crippen LogP contribution in [0.1, 0.15) is 12.6 Å². The Morgan fingerprint density at radius 2 is 2.20 bits per heavy atom. The fraction of sp³-hybridized carbons (Fsp3) is 0.250. The maximum atomic E-state index is 11.2. The molecule has 0 spiro atoms. The topological polar surface area (TPSA) is 103 Å². The molecule has 2 heterocycles. The van der Waals surface area contributed by atoms with Crippen molar-refractivity contribution in [1.82, 2.24) is 15.0 Å². The number of anilines is 1. The molecular formula is C12H13N5O3. The van der Waals surface area contributed by atoms with E-state index in [2.05, 4.69) is 20.3 Å². The summed E-state index contributed by atoms with van der Waals surface area (Å²) in [5.74, 6) is 0.429. The Morgan fingerprint density at radius 1 is 1.40 bits per heavy atom. The Labute approximate surface area is 115 Å². The van der Waals surface area contributed by atoms with Gasteiger partial charge in [-0.15, -0.1) is 0 Å². The van der Waals surface area contributed by atoms with Crippen LogP contribution in [0.15, 0.2) is 24.7 Å². The lowest BCUT2D eigenvalue weighted by atomic mass is 10.3. The largest absolute Gasteiger partial charge is 0.432 e. The molecule has 0 fully saturated rings. The van der Waals surface area contributed by atoms with Crippen LogP contribution >= 0.6 is 0 Å². The standard InChI is InChI=1S/C12H13N5O3/c1-3-13-11-10(17(18)19)12(16-7-15-11)20-9-5-4-6-14-8(9)2/h4-7H,3H2,1-2H3,(H,13,15,16). The lowest BCUT2D eigenvalue weighted by Crippen LogP contribution is -2.06. The Hall–Kier alpha value is -2.77. The number of aromatic nitrogens is 3. The van der Waals surface area contributed by atoms with Crippen molar-refractivity contribution in [3.05, 3.63) is 40.5 Å². The average Bonchev–Trinajstić information content (AvgIpc) is 2.41. The highest BCUT2D eigenvalue weighted by molar-refractivity contribution is 5.61. The zero-order chi connectivity index (χ0) is 14.5. The number of ether oxygens (including phenoxy) is 1. The predicted octanol–water partition coefficient (Wildman–Crippen LogP) is 2.31. The van der Waals surface area contributed by atoms with Crippen LogP contribution in [0, 0.1) is 17.0 Å². The molecule has 0 amide bonds.